The van der Waals surface area contributed by atoms with Gasteiger partial charge >= 0.3 is 5.97 Å². The van der Waals surface area contributed by atoms with Crippen LogP contribution in [0, 0.1) is 17.5 Å². The van der Waals surface area contributed by atoms with Crippen molar-refractivity contribution < 1.29 is 23.1 Å². The number of aliphatic carboxylic acids is 1. The highest BCUT2D eigenvalue weighted by molar-refractivity contribution is 5.79. The molecule has 6 heteroatoms. The second-order valence-corrected chi connectivity index (χ2v) is 4.13. The third-order valence-corrected chi connectivity index (χ3v) is 2.62. The van der Waals surface area contributed by atoms with Gasteiger partial charge in [-0.05, 0) is 42.0 Å². The number of nitrogens with one attached hydrogen (secondary N) is 1. The molecule has 0 aliphatic carbocycles. The Bertz CT molecular complexity index is 609. The van der Waals surface area contributed by atoms with Crippen molar-refractivity contribution in [1.82, 2.24) is 0 Å². The van der Waals surface area contributed by atoms with Crippen molar-refractivity contribution in [3.63, 3.8) is 0 Å². The van der Waals surface area contributed by atoms with Gasteiger partial charge in [0.1, 0.15) is 17.5 Å². The molecule has 0 bridgehead atoms. The summed E-state index contributed by atoms with van der Waals surface area (Å²) in [5.41, 5.74) is 0.253. The first kappa shape index (κ1) is 13.9. The van der Waals surface area contributed by atoms with Crippen LogP contribution in [0.4, 0.5) is 18.9 Å². The van der Waals surface area contributed by atoms with Crippen molar-refractivity contribution in [2.75, 3.05) is 5.32 Å². The molecule has 2 N–H and O–H groups in total. The van der Waals surface area contributed by atoms with Crippen molar-refractivity contribution in [3.8, 4) is 0 Å². The molecular formula is C14H10F3NO2. The van der Waals surface area contributed by atoms with Crippen LogP contribution in [-0.4, -0.2) is 11.1 Å². The molecule has 0 fully saturated rings. The minimum atomic E-state index is -1.34. The molecule has 0 amide bonds. The van der Waals surface area contributed by atoms with Crippen LogP contribution in [0.1, 0.15) is 11.6 Å². The van der Waals surface area contributed by atoms with E-state index in [9.17, 15) is 18.0 Å². The minimum Gasteiger partial charge on any atom is -0.479 e. The van der Waals surface area contributed by atoms with Gasteiger partial charge in [-0.1, -0.05) is 0 Å². The Hall–Kier alpha value is -2.50. The number of carboxylic acid groups (broad SMARTS) is 1. The third-order valence-electron chi connectivity index (χ3n) is 2.62. The summed E-state index contributed by atoms with van der Waals surface area (Å²) in [4.78, 5) is 11.2. The highest BCUT2D eigenvalue weighted by atomic mass is 19.1. The van der Waals surface area contributed by atoms with Crippen LogP contribution in [0.3, 0.4) is 0 Å². The molecule has 0 aliphatic heterocycles. The molecule has 2 aromatic rings. The zero-order valence-electron chi connectivity index (χ0n) is 10.1. The van der Waals surface area contributed by atoms with E-state index in [2.05, 4.69) is 5.32 Å². The average molecular weight is 281 g/mol. The lowest BCUT2D eigenvalue weighted by Gasteiger charge is -2.16. The smallest absolute Gasteiger partial charge is 0.330 e. The van der Waals surface area contributed by atoms with Crippen molar-refractivity contribution in [1.29, 1.82) is 0 Å². The fourth-order valence-electron chi connectivity index (χ4n) is 1.74. The molecule has 0 saturated carbocycles. The predicted molar refractivity (Wildman–Crippen MR) is 66.8 cm³/mol. The summed E-state index contributed by atoms with van der Waals surface area (Å²) >= 11 is 0. The number of carbonyl (C=O) groups is 1. The number of hydrogen-bond donors (Lipinski definition) is 2. The van der Waals surface area contributed by atoms with E-state index in [-0.39, 0.29) is 5.56 Å². The quantitative estimate of drug-likeness (QED) is 0.903. The monoisotopic (exact) mass is 281 g/mol. The number of anilines is 1. The Balaban J connectivity index is 2.31. The highest BCUT2D eigenvalue weighted by Crippen LogP contribution is 2.22. The fraction of sp³-hybridized carbons (Fsp3) is 0.0714. The summed E-state index contributed by atoms with van der Waals surface area (Å²) in [7, 11) is 0. The summed E-state index contributed by atoms with van der Waals surface area (Å²) in [5.74, 6) is -3.52. The van der Waals surface area contributed by atoms with E-state index >= 15 is 0 Å². The summed E-state index contributed by atoms with van der Waals surface area (Å²) in [6.07, 6.45) is 0. The molecule has 0 aliphatic rings. The Morgan fingerprint density at radius 3 is 2.00 bits per heavy atom. The Morgan fingerprint density at radius 2 is 1.50 bits per heavy atom. The molecule has 1 atom stereocenters. The largest absolute Gasteiger partial charge is 0.479 e. The molecule has 0 radical (unpaired) electrons. The van der Waals surface area contributed by atoms with Gasteiger partial charge in [0.25, 0.3) is 0 Å². The van der Waals surface area contributed by atoms with E-state index < -0.39 is 29.5 Å². The van der Waals surface area contributed by atoms with Crippen LogP contribution < -0.4 is 5.32 Å². The maximum Gasteiger partial charge on any atom is 0.330 e. The zero-order valence-corrected chi connectivity index (χ0v) is 10.1. The molecule has 0 aromatic heterocycles. The van der Waals surface area contributed by atoms with Gasteiger partial charge in [-0.25, -0.2) is 18.0 Å². The van der Waals surface area contributed by atoms with E-state index in [0.717, 1.165) is 24.3 Å². The van der Waals surface area contributed by atoms with Crippen LogP contribution in [0.2, 0.25) is 0 Å². The van der Waals surface area contributed by atoms with E-state index in [0.29, 0.717) is 11.8 Å². The van der Waals surface area contributed by atoms with Gasteiger partial charge in [0.05, 0.1) is 0 Å². The molecule has 0 spiro atoms. The molecule has 2 aromatic carbocycles. The van der Waals surface area contributed by atoms with Crippen molar-refractivity contribution in [3.05, 3.63) is 65.5 Å². The van der Waals surface area contributed by atoms with E-state index in [1.165, 1.54) is 12.1 Å². The second-order valence-electron chi connectivity index (χ2n) is 4.13. The third kappa shape index (κ3) is 3.28. The van der Waals surface area contributed by atoms with Crippen LogP contribution in [-0.2, 0) is 4.79 Å². The van der Waals surface area contributed by atoms with Crippen molar-refractivity contribution in [2.45, 2.75) is 6.04 Å². The fourth-order valence-corrected chi connectivity index (χ4v) is 1.74. The van der Waals surface area contributed by atoms with Crippen LogP contribution in [0.5, 0.6) is 0 Å². The molecule has 0 heterocycles. The van der Waals surface area contributed by atoms with Gasteiger partial charge in [-0.2, -0.15) is 0 Å². The summed E-state index contributed by atoms with van der Waals surface area (Å²) < 4.78 is 39.0. The summed E-state index contributed by atoms with van der Waals surface area (Å²) in [6.45, 7) is 0. The molecule has 1 unspecified atom stereocenters. The average Bonchev–Trinajstić information content (AvgIpc) is 2.36. The predicted octanol–water partition coefficient (Wildman–Crippen LogP) is 3.34. The SMILES string of the molecule is O=C(O)C(Nc1ccc(F)cc1)c1cc(F)cc(F)c1. The number of hydrogen-bond acceptors (Lipinski definition) is 2. The lowest BCUT2D eigenvalue weighted by atomic mass is 10.1. The number of carboxylic acids is 1. The maximum atomic E-state index is 13.1. The van der Waals surface area contributed by atoms with Gasteiger partial charge < -0.3 is 10.4 Å². The molecule has 2 rings (SSSR count). The first-order valence-corrected chi connectivity index (χ1v) is 5.66. The molecule has 20 heavy (non-hydrogen) atoms. The van der Waals surface area contributed by atoms with Crippen LogP contribution >= 0.6 is 0 Å². The van der Waals surface area contributed by atoms with Crippen molar-refractivity contribution >= 4 is 11.7 Å². The number of halogens is 3. The van der Waals surface area contributed by atoms with E-state index in [1.54, 1.807) is 0 Å². The van der Waals surface area contributed by atoms with Gasteiger partial charge in [0.2, 0.25) is 0 Å². The Labute approximate surface area is 112 Å². The van der Waals surface area contributed by atoms with E-state index in [1.807, 2.05) is 0 Å². The van der Waals surface area contributed by atoms with E-state index in [4.69, 9.17) is 5.11 Å². The minimum absolute atomic E-state index is 0.0701. The van der Waals surface area contributed by atoms with Gasteiger partial charge in [-0.3, -0.25) is 0 Å². The van der Waals surface area contributed by atoms with Crippen LogP contribution in [0.15, 0.2) is 42.5 Å². The highest BCUT2D eigenvalue weighted by Gasteiger charge is 2.21. The number of rotatable bonds is 4. The standard InChI is InChI=1S/C14H10F3NO2/c15-9-1-3-12(4-2-9)18-13(14(19)20)8-5-10(16)7-11(17)6-8/h1-7,13,18H,(H,19,20). The van der Waals surface area contributed by atoms with Crippen molar-refractivity contribution in [2.24, 2.45) is 0 Å². The normalized spacial score (nSPS) is 11.9. The maximum absolute atomic E-state index is 13.1. The lowest BCUT2D eigenvalue weighted by Crippen LogP contribution is -2.20. The molecular weight excluding hydrogens is 271 g/mol. The topological polar surface area (TPSA) is 49.3 Å². The summed E-state index contributed by atoms with van der Waals surface area (Å²) in [5, 5.41) is 11.7. The summed E-state index contributed by atoms with van der Waals surface area (Å²) in [6, 6.07) is 6.13. The number of benzene rings is 2. The second kappa shape index (κ2) is 5.64. The van der Waals surface area contributed by atoms with Gasteiger partial charge in [0.15, 0.2) is 6.04 Å². The molecule has 104 valence electrons. The Morgan fingerprint density at radius 1 is 0.950 bits per heavy atom. The van der Waals surface area contributed by atoms with Gasteiger partial charge in [0, 0.05) is 11.8 Å². The zero-order chi connectivity index (χ0) is 14.7. The Kier molecular flexibility index (Phi) is 3.93. The molecule has 3 nitrogen and oxygen atoms in total. The lowest BCUT2D eigenvalue weighted by molar-refractivity contribution is -0.138. The van der Waals surface area contributed by atoms with Crippen LogP contribution in [0.25, 0.3) is 0 Å². The first-order chi connectivity index (χ1) is 9.45. The first-order valence-electron chi connectivity index (χ1n) is 5.66. The van der Waals surface area contributed by atoms with Gasteiger partial charge in [-0.15, -0.1) is 0 Å². The molecule has 0 saturated heterocycles.